The smallest absolute Gasteiger partial charge is 0.747 e. The molecule has 5 unspecified atom stereocenters. The summed E-state index contributed by atoms with van der Waals surface area (Å²) in [5.41, 5.74) is 0. The molecule has 0 amide bonds. The van der Waals surface area contributed by atoms with Crippen LogP contribution in [0.1, 0.15) is 6.42 Å². The van der Waals surface area contributed by atoms with Gasteiger partial charge in [0.25, 0.3) is 19.1 Å². The fourth-order valence-electron chi connectivity index (χ4n) is 3.71. The third-order valence-electron chi connectivity index (χ3n) is 7.20. The number of thioether (sulfide) groups is 3. The van der Waals surface area contributed by atoms with Crippen molar-refractivity contribution in [3.63, 3.8) is 0 Å². The van der Waals surface area contributed by atoms with E-state index in [0.717, 1.165) is 0 Å². The Morgan fingerprint density at radius 2 is 0.676 bits per heavy atom. The summed E-state index contributed by atoms with van der Waals surface area (Å²) >= 11 is -4.47. The molecule has 0 bridgehead atoms. The molecule has 0 rings (SSSR count). The SMILES string of the molecule is O=C(CC(C(=O)OCCSC(F)(F)C(F)OC(F)(F)C(F)(F)C(F)(F)F)C(C(=O)OCCSC(F)(F)C(F)OC(F)(F)C(F)(F)C(F)(F)F)S(=O)(=O)[O-])OCCSC(F)(F)C(F)OC(F)(F)C(F)(F)C(F)(F)F.[Na+]. The Labute approximate surface area is 423 Å². The number of ether oxygens (including phenoxy) is 6. The fourth-order valence-corrected chi connectivity index (χ4v) is 6.47. The molecule has 5 atom stereocenters. The van der Waals surface area contributed by atoms with Crippen LogP contribution in [0.15, 0.2) is 0 Å². The molecule has 0 aromatic carbocycles. The number of hydrogen-bond donors (Lipinski definition) is 0. The van der Waals surface area contributed by atoms with Crippen molar-refractivity contribution < 1.29 is 217 Å². The van der Waals surface area contributed by atoms with Crippen molar-refractivity contribution in [2.75, 3.05) is 37.1 Å². The third-order valence-corrected chi connectivity index (χ3v) is 11.2. The van der Waals surface area contributed by atoms with Gasteiger partial charge in [-0.25, -0.2) is 21.6 Å². The Hall–Kier alpha value is -1.85. The minimum atomic E-state index is -7.36. The van der Waals surface area contributed by atoms with Crippen molar-refractivity contribution in [2.24, 2.45) is 5.92 Å². The topological polar surface area (TPSA) is 164 Å². The number of hydrogen-bond acceptors (Lipinski definition) is 15. The molecule has 0 aromatic heterocycles. The zero-order valence-electron chi connectivity index (χ0n) is 34.2. The maximum absolute atomic E-state index is 14.0. The quantitative estimate of drug-likeness (QED) is 0.0184. The van der Waals surface area contributed by atoms with Gasteiger partial charge in [0, 0.05) is 17.3 Å². The Morgan fingerprint density at radius 1 is 0.432 bits per heavy atom. The van der Waals surface area contributed by atoms with Crippen LogP contribution >= 0.6 is 35.3 Å². The van der Waals surface area contributed by atoms with E-state index in [0.29, 0.717) is 0 Å². The van der Waals surface area contributed by atoms with Gasteiger partial charge in [0.15, 0.2) is 5.25 Å². The number of alkyl halides is 30. The molecule has 47 heteroatoms. The Morgan fingerprint density at radius 3 is 0.919 bits per heavy atom. The predicted molar refractivity (Wildman–Crippen MR) is 172 cm³/mol. The van der Waals surface area contributed by atoms with E-state index in [1.165, 1.54) is 0 Å². The van der Waals surface area contributed by atoms with Crippen LogP contribution in [0, 0.1) is 5.92 Å². The number of halogens is 30. The molecular formula is C27H19F30NaO12S4. The van der Waals surface area contributed by atoms with Gasteiger partial charge in [-0.1, -0.05) is 35.3 Å². The van der Waals surface area contributed by atoms with Crippen molar-refractivity contribution in [1.29, 1.82) is 0 Å². The molecule has 0 aromatic rings. The molecule has 0 saturated carbocycles. The van der Waals surface area contributed by atoms with E-state index in [9.17, 15) is 159 Å². The monoisotopic (exact) mass is 1260 g/mol. The molecule has 0 radical (unpaired) electrons. The van der Waals surface area contributed by atoms with Gasteiger partial charge in [-0.3, -0.25) is 28.6 Å². The number of carbonyl (C=O) groups excluding carboxylic acids is 3. The summed E-state index contributed by atoms with van der Waals surface area (Å²) in [6.07, 6.45) is -60.7. The molecule has 0 heterocycles. The fraction of sp³-hybridized carbons (Fsp3) is 0.889. The molecule has 0 saturated heterocycles. The molecule has 74 heavy (non-hydrogen) atoms. The third kappa shape index (κ3) is 19.5. The molecule has 12 nitrogen and oxygen atoms in total. The van der Waals surface area contributed by atoms with Gasteiger partial charge in [-0.2, -0.15) is 119 Å². The molecule has 0 spiro atoms. The first kappa shape index (κ1) is 74.2. The zero-order valence-corrected chi connectivity index (χ0v) is 39.5. The second kappa shape index (κ2) is 26.0. The van der Waals surface area contributed by atoms with E-state index >= 15 is 0 Å². The van der Waals surface area contributed by atoms with Crippen LogP contribution in [0.3, 0.4) is 0 Å². The average molecular weight is 1260 g/mol. The summed E-state index contributed by atoms with van der Waals surface area (Å²) in [5, 5.41) is -21.0. The van der Waals surface area contributed by atoms with Crippen molar-refractivity contribution in [3.05, 3.63) is 0 Å². The van der Waals surface area contributed by atoms with Crippen molar-refractivity contribution in [3.8, 4) is 0 Å². The van der Waals surface area contributed by atoms with Crippen LogP contribution < -0.4 is 29.6 Å². The first-order valence-electron chi connectivity index (χ1n) is 16.9. The van der Waals surface area contributed by atoms with Gasteiger partial charge in [0.05, 0.1) is 12.3 Å². The molecular weight excluding hydrogens is 1240 g/mol. The van der Waals surface area contributed by atoms with E-state index in [2.05, 4.69) is 28.4 Å². The predicted octanol–water partition coefficient (Wildman–Crippen LogP) is 6.83. The van der Waals surface area contributed by atoms with Gasteiger partial charge in [0.1, 0.15) is 29.9 Å². The zero-order chi connectivity index (χ0) is 58.4. The average Bonchev–Trinajstić information content (AvgIpc) is 3.16. The first-order valence-corrected chi connectivity index (χ1v) is 21.3. The van der Waals surface area contributed by atoms with E-state index in [-0.39, 0.29) is 29.6 Å². The van der Waals surface area contributed by atoms with Crippen LogP contribution in [-0.4, -0.2) is 163 Å². The summed E-state index contributed by atoms with van der Waals surface area (Å²) in [6.45, 7) is -5.67. The maximum atomic E-state index is 14.0. The largest absolute Gasteiger partial charge is 1.00 e. The number of carbonyl (C=O) groups is 3. The summed E-state index contributed by atoms with van der Waals surface area (Å²) in [7, 11) is -6.74. The molecule has 0 fully saturated rings. The maximum Gasteiger partial charge on any atom is 1.00 e. The molecule has 0 N–H and O–H groups in total. The minimum absolute atomic E-state index is 0. The van der Waals surface area contributed by atoms with E-state index in [1.54, 1.807) is 0 Å². The second-order valence-corrected chi connectivity index (χ2v) is 17.8. The first-order chi connectivity index (χ1) is 32.0. The Kier molecular flexibility index (Phi) is 26.0. The standard InChI is InChI=1S/C27H20F30O12S4.Na/c28-13(67-25(52,53)19(37,38)22(43,44)45)16(31,32)70-4-1-64-9(58)7-8(11(59)65-2-5-71-17(33,34)14(29)68-26(54,55)20(39,40)23(46,47)48)10(73(61,62)63)12(60)66-3-6-72-18(35,36)15(30)69-27(56,57)21(41,42)24(49,50)51;/h8,10,13-15H,1-7H2,(H,61,62,63);/q;+1/p-1. The minimum Gasteiger partial charge on any atom is -0.747 e. The van der Waals surface area contributed by atoms with Crippen LogP contribution in [0.25, 0.3) is 0 Å². The van der Waals surface area contributed by atoms with Crippen LogP contribution in [0.4, 0.5) is 132 Å². The van der Waals surface area contributed by atoms with Crippen molar-refractivity contribution >= 4 is 63.3 Å². The normalized spacial score (nSPS) is 16.6. The van der Waals surface area contributed by atoms with Crippen LogP contribution in [0.5, 0.6) is 0 Å². The molecule has 0 aliphatic rings. The molecule has 0 aliphatic heterocycles. The Balaban J connectivity index is 0. The summed E-state index contributed by atoms with van der Waals surface area (Å²) in [5.74, 6) is -38.9. The second-order valence-electron chi connectivity index (χ2n) is 12.6. The van der Waals surface area contributed by atoms with Gasteiger partial charge in [-0.05, 0) is 0 Å². The summed E-state index contributed by atoms with van der Waals surface area (Å²) in [6, 6.07) is 0. The van der Waals surface area contributed by atoms with Crippen LogP contribution in [0.2, 0.25) is 0 Å². The van der Waals surface area contributed by atoms with Gasteiger partial charge >= 0.3 is 118 Å². The van der Waals surface area contributed by atoms with Crippen molar-refractivity contribution in [1.82, 2.24) is 0 Å². The van der Waals surface area contributed by atoms with E-state index < -0.39 is 207 Å². The molecule has 0 aliphatic carbocycles. The Bertz CT molecular complexity index is 1960. The van der Waals surface area contributed by atoms with Crippen LogP contribution in [-0.2, 0) is 52.9 Å². The van der Waals surface area contributed by atoms with Crippen molar-refractivity contribution in [2.45, 2.75) is 101 Å². The van der Waals surface area contributed by atoms with E-state index in [4.69, 9.17) is 0 Å². The van der Waals surface area contributed by atoms with Gasteiger partial charge < -0.3 is 18.8 Å². The van der Waals surface area contributed by atoms with Gasteiger partial charge in [0.2, 0.25) is 0 Å². The molecule has 434 valence electrons. The van der Waals surface area contributed by atoms with E-state index in [1.807, 2.05) is 0 Å². The summed E-state index contributed by atoms with van der Waals surface area (Å²) in [4.78, 5) is 37.8. The number of rotatable bonds is 30. The summed E-state index contributed by atoms with van der Waals surface area (Å²) < 4.78 is 446. The van der Waals surface area contributed by atoms with Gasteiger partial charge in [-0.15, -0.1) is 0 Å². The number of esters is 3.